The summed E-state index contributed by atoms with van der Waals surface area (Å²) in [5.41, 5.74) is 4.45. The van der Waals surface area contributed by atoms with Gasteiger partial charge in [0.05, 0.1) is 6.04 Å². The number of amides is 1. The lowest BCUT2D eigenvalue weighted by atomic mass is 9.74. The molecule has 1 atom stereocenters. The van der Waals surface area contributed by atoms with Crippen molar-refractivity contribution < 1.29 is 27.9 Å². The van der Waals surface area contributed by atoms with Crippen molar-refractivity contribution in [2.45, 2.75) is 37.9 Å². The normalized spacial score (nSPS) is 19.9. The Hall–Kier alpha value is -4.39. The molecule has 1 unspecified atom stereocenters. The number of aliphatic hydroxyl groups excluding tert-OH is 1. The molecule has 0 aromatic heterocycles. The maximum Gasteiger partial charge on any atom is 0.455 e. The standard InChI is InChI=1S/C32H24F3NO3/c1-31(2)24-11-7-6-10-21(24)22-16-23-26(17-25(22)31)36(30(39)27(28(23)37)29(38)32(33,34)35)20-14-12-19(13-15-20)18-8-4-3-5-9-18/h3-16,26,37H,17H2,1-2H3. The van der Waals surface area contributed by atoms with Crippen LogP contribution in [0.3, 0.4) is 0 Å². The number of halogens is 3. The molecule has 0 saturated carbocycles. The van der Waals surface area contributed by atoms with Crippen LogP contribution in [0.15, 0.2) is 107 Å². The summed E-state index contributed by atoms with van der Waals surface area (Å²) < 4.78 is 40.8. The number of anilines is 1. The first-order valence-corrected chi connectivity index (χ1v) is 12.6. The van der Waals surface area contributed by atoms with Crippen LogP contribution in [0.1, 0.15) is 31.4 Å². The Labute approximate surface area is 223 Å². The molecule has 3 aromatic carbocycles. The monoisotopic (exact) mass is 527 g/mol. The van der Waals surface area contributed by atoms with Crippen LogP contribution in [0, 0.1) is 0 Å². The van der Waals surface area contributed by atoms with Crippen molar-refractivity contribution in [1.82, 2.24) is 0 Å². The fraction of sp³-hybridized carbons (Fsp3) is 0.188. The van der Waals surface area contributed by atoms with Crippen molar-refractivity contribution in [2.75, 3.05) is 4.90 Å². The Bertz CT molecular complexity index is 1630. The highest BCUT2D eigenvalue weighted by Crippen LogP contribution is 2.53. The number of hydrogen-bond donors (Lipinski definition) is 1. The summed E-state index contributed by atoms with van der Waals surface area (Å²) in [4.78, 5) is 27.3. The molecule has 1 heterocycles. The van der Waals surface area contributed by atoms with Crippen molar-refractivity contribution in [2.24, 2.45) is 0 Å². The van der Waals surface area contributed by atoms with Gasteiger partial charge in [-0.15, -0.1) is 0 Å². The topological polar surface area (TPSA) is 57.6 Å². The first-order valence-electron chi connectivity index (χ1n) is 12.6. The van der Waals surface area contributed by atoms with Crippen LogP contribution in [0.25, 0.3) is 16.7 Å². The maximum atomic E-state index is 13.6. The van der Waals surface area contributed by atoms with Gasteiger partial charge in [0, 0.05) is 16.7 Å². The maximum absolute atomic E-state index is 13.6. The number of ketones is 1. The van der Waals surface area contributed by atoms with Gasteiger partial charge in [0.15, 0.2) is 0 Å². The number of benzene rings is 3. The Morgan fingerprint density at radius 1 is 0.923 bits per heavy atom. The first-order chi connectivity index (χ1) is 18.5. The largest absolute Gasteiger partial charge is 0.507 e. The summed E-state index contributed by atoms with van der Waals surface area (Å²) in [7, 11) is 0. The SMILES string of the molecule is CC1(C)C2=C(C=C3C(O)=C(C(=O)C(F)(F)F)C(=O)N(c4ccc(-c5ccccc5)cc4)C3C2)c2ccccc21. The zero-order valence-corrected chi connectivity index (χ0v) is 21.2. The minimum Gasteiger partial charge on any atom is -0.507 e. The van der Waals surface area contributed by atoms with E-state index in [9.17, 15) is 27.9 Å². The zero-order chi connectivity index (χ0) is 27.7. The Morgan fingerprint density at radius 3 is 2.21 bits per heavy atom. The van der Waals surface area contributed by atoms with Gasteiger partial charge in [-0.05, 0) is 58.0 Å². The van der Waals surface area contributed by atoms with E-state index in [-0.39, 0.29) is 11.0 Å². The molecule has 0 bridgehead atoms. The Morgan fingerprint density at radius 2 is 1.54 bits per heavy atom. The minimum absolute atomic E-state index is 0.126. The summed E-state index contributed by atoms with van der Waals surface area (Å²) in [5.74, 6) is -4.43. The molecule has 0 fully saturated rings. The third kappa shape index (κ3) is 3.75. The number of aliphatic hydroxyl groups is 1. The molecule has 4 nitrogen and oxygen atoms in total. The highest BCUT2D eigenvalue weighted by molar-refractivity contribution is 6.28. The number of alkyl halides is 3. The average molecular weight is 528 g/mol. The Balaban J connectivity index is 1.52. The van der Waals surface area contributed by atoms with Gasteiger partial charge in [0.25, 0.3) is 11.7 Å². The van der Waals surface area contributed by atoms with E-state index < -0.39 is 35.2 Å². The van der Waals surface area contributed by atoms with E-state index in [1.807, 2.05) is 54.6 Å². The van der Waals surface area contributed by atoms with E-state index in [0.29, 0.717) is 12.1 Å². The second-order valence-electron chi connectivity index (χ2n) is 10.5. The van der Waals surface area contributed by atoms with Crippen molar-refractivity contribution in [1.29, 1.82) is 0 Å². The van der Waals surface area contributed by atoms with E-state index in [4.69, 9.17) is 0 Å². The Kier molecular flexibility index (Phi) is 5.47. The molecular formula is C32H24F3NO3. The van der Waals surface area contributed by atoms with Gasteiger partial charge < -0.3 is 10.0 Å². The van der Waals surface area contributed by atoms with Crippen LogP contribution in [0.4, 0.5) is 18.9 Å². The molecule has 6 rings (SSSR count). The number of Topliss-reactive ketones (excluding diaryl/α,β-unsaturated/α-hetero) is 1. The van der Waals surface area contributed by atoms with E-state index >= 15 is 0 Å². The van der Waals surface area contributed by atoms with Gasteiger partial charge in [-0.25, -0.2) is 0 Å². The highest BCUT2D eigenvalue weighted by atomic mass is 19.4. The van der Waals surface area contributed by atoms with Gasteiger partial charge in [-0.3, -0.25) is 9.59 Å². The van der Waals surface area contributed by atoms with Crippen molar-refractivity contribution >= 4 is 23.0 Å². The summed E-state index contributed by atoms with van der Waals surface area (Å²) in [6.45, 7) is 4.15. The third-order valence-electron chi connectivity index (χ3n) is 8.02. The molecule has 2 aliphatic carbocycles. The molecule has 3 aliphatic rings. The van der Waals surface area contributed by atoms with E-state index in [1.165, 1.54) is 4.90 Å². The molecule has 0 spiro atoms. The number of rotatable bonds is 3. The second-order valence-corrected chi connectivity index (χ2v) is 10.5. The van der Waals surface area contributed by atoms with Crippen molar-refractivity contribution in [3.8, 4) is 11.1 Å². The molecule has 0 saturated heterocycles. The zero-order valence-electron chi connectivity index (χ0n) is 21.2. The molecule has 196 valence electrons. The quantitative estimate of drug-likeness (QED) is 0.370. The second kappa shape index (κ2) is 8.56. The summed E-state index contributed by atoms with van der Waals surface area (Å²) in [6, 6.07) is 23.4. The van der Waals surface area contributed by atoms with Crippen LogP contribution in [-0.4, -0.2) is 29.0 Å². The number of carbonyl (C=O) groups excluding carboxylic acids is 2. The van der Waals surface area contributed by atoms with Gasteiger partial charge in [0.2, 0.25) is 0 Å². The number of carbonyl (C=O) groups is 2. The van der Waals surface area contributed by atoms with Crippen LogP contribution in [0.5, 0.6) is 0 Å². The first kappa shape index (κ1) is 24.9. The molecule has 3 aromatic rings. The van der Waals surface area contributed by atoms with Crippen molar-refractivity contribution in [3.63, 3.8) is 0 Å². The van der Waals surface area contributed by atoms with Crippen molar-refractivity contribution in [3.05, 3.63) is 119 Å². The summed E-state index contributed by atoms with van der Waals surface area (Å²) >= 11 is 0. The number of fused-ring (bicyclic) bond motifs is 3. The van der Waals surface area contributed by atoms with Gasteiger partial charge >= 0.3 is 6.18 Å². The molecule has 1 amide bonds. The van der Waals surface area contributed by atoms with E-state index in [0.717, 1.165) is 33.4 Å². The highest BCUT2D eigenvalue weighted by Gasteiger charge is 2.52. The fourth-order valence-corrected chi connectivity index (χ4v) is 6.06. The molecule has 39 heavy (non-hydrogen) atoms. The minimum atomic E-state index is -5.32. The molecular weight excluding hydrogens is 503 g/mol. The van der Waals surface area contributed by atoms with Crippen LogP contribution < -0.4 is 4.90 Å². The van der Waals surface area contributed by atoms with Crippen LogP contribution >= 0.6 is 0 Å². The fourth-order valence-electron chi connectivity index (χ4n) is 6.06. The molecule has 7 heteroatoms. The average Bonchev–Trinajstić information content (AvgIpc) is 3.14. The van der Waals surface area contributed by atoms with Gasteiger partial charge in [0.1, 0.15) is 11.3 Å². The van der Waals surface area contributed by atoms with E-state index in [2.05, 4.69) is 13.8 Å². The molecule has 1 N–H and O–H groups in total. The lowest BCUT2D eigenvalue weighted by Gasteiger charge is -2.41. The number of nitrogens with zero attached hydrogens (tertiary/aromatic N) is 1. The predicted octanol–water partition coefficient (Wildman–Crippen LogP) is 7.09. The predicted molar refractivity (Wildman–Crippen MR) is 143 cm³/mol. The third-order valence-corrected chi connectivity index (χ3v) is 8.02. The number of allylic oxidation sites excluding steroid dienone is 2. The smallest absolute Gasteiger partial charge is 0.455 e. The van der Waals surface area contributed by atoms with Crippen LogP contribution in [-0.2, 0) is 15.0 Å². The molecule has 1 aliphatic heterocycles. The van der Waals surface area contributed by atoms with E-state index in [1.54, 1.807) is 30.3 Å². The lowest BCUT2D eigenvalue weighted by Crippen LogP contribution is -2.51. The summed E-state index contributed by atoms with van der Waals surface area (Å²) in [6.07, 6.45) is -3.38. The van der Waals surface area contributed by atoms with Gasteiger partial charge in [-0.2, -0.15) is 13.2 Å². The van der Waals surface area contributed by atoms with Crippen LogP contribution in [0.2, 0.25) is 0 Å². The number of hydrogen-bond acceptors (Lipinski definition) is 3. The van der Waals surface area contributed by atoms with Gasteiger partial charge in [-0.1, -0.05) is 80.6 Å². The summed E-state index contributed by atoms with van der Waals surface area (Å²) in [5, 5.41) is 11.0. The lowest BCUT2D eigenvalue weighted by molar-refractivity contribution is -0.167. The molecule has 0 radical (unpaired) electrons.